The number of nitrogens with zero attached hydrogens (tertiary/aromatic N) is 6. The van der Waals surface area contributed by atoms with E-state index in [0.717, 1.165) is 25.2 Å². The maximum absolute atomic E-state index is 12.9. The fourth-order valence-corrected chi connectivity index (χ4v) is 3.66. The number of fused-ring (bicyclic) bond motifs is 1. The average Bonchev–Trinajstić information content (AvgIpc) is 3.33. The standard InChI is InChI=1S/C18H24N6O3/c1-26-10-9-24-18(19-20-21-24)16-12-22(8-11-27-16)13-17(25)23-7-6-14-4-2-3-5-15(14)23/h2-5,16H,6-13H2,1H3/t16-/m1/s1. The first-order chi connectivity index (χ1) is 13.3. The number of hydrogen-bond donors (Lipinski definition) is 0. The van der Waals surface area contributed by atoms with Gasteiger partial charge in [0.25, 0.3) is 0 Å². The lowest BCUT2D eigenvalue weighted by Crippen LogP contribution is -2.45. The molecular formula is C18H24N6O3. The molecule has 2 aromatic rings. The number of tetrazole rings is 1. The summed E-state index contributed by atoms with van der Waals surface area (Å²) >= 11 is 0. The minimum atomic E-state index is -0.246. The summed E-state index contributed by atoms with van der Waals surface area (Å²) in [6, 6.07) is 8.11. The molecule has 0 saturated carbocycles. The molecule has 1 aromatic heterocycles. The third-order valence-corrected chi connectivity index (χ3v) is 5.05. The van der Waals surface area contributed by atoms with Crippen LogP contribution in [0.25, 0.3) is 0 Å². The van der Waals surface area contributed by atoms with Crippen LogP contribution in [0.4, 0.5) is 5.69 Å². The predicted molar refractivity (Wildman–Crippen MR) is 97.3 cm³/mol. The fraction of sp³-hybridized carbons (Fsp3) is 0.556. The molecule has 0 radical (unpaired) electrons. The van der Waals surface area contributed by atoms with Crippen LogP contribution in [0.2, 0.25) is 0 Å². The molecule has 9 nitrogen and oxygen atoms in total. The van der Waals surface area contributed by atoms with Crippen LogP contribution < -0.4 is 4.90 Å². The van der Waals surface area contributed by atoms with Gasteiger partial charge in [0.2, 0.25) is 5.91 Å². The van der Waals surface area contributed by atoms with E-state index in [4.69, 9.17) is 9.47 Å². The summed E-state index contributed by atoms with van der Waals surface area (Å²) < 4.78 is 12.7. The van der Waals surface area contributed by atoms with Gasteiger partial charge in [-0.25, -0.2) is 4.68 Å². The summed E-state index contributed by atoms with van der Waals surface area (Å²) in [6.07, 6.45) is 0.673. The maximum atomic E-state index is 12.9. The lowest BCUT2D eigenvalue weighted by Gasteiger charge is -2.32. The highest BCUT2D eigenvalue weighted by molar-refractivity contribution is 5.96. The number of para-hydroxylation sites is 1. The van der Waals surface area contributed by atoms with Crippen molar-refractivity contribution in [3.63, 3.8) is 0 Å². The molecule has 1 fully saturated rings. The Morgan fingerprint density at radius 3 is 3.11 bits per heavy atom. The Balaban J connectivity index is 1.39. The molecule has 1 amide bonds. The van der Waals surface area contributed by atoms with Gasteiger partial charge in [0.15, 0.2) is 5.82 Å². The maximum Gasteiger partial charge on any atom is 0.241 e. The first-order valence-corrected chi connectivity index (χ1v) is 9.23. The number of morpholine rings is 1. The summed E-state index contributed by atoms with van der Waals surface area (Å²) in [6.45, 7) is 4.08. The molecule has 0 spiro atoms. The SMILES string of the molecule is COCCn1nnnc1[C@H]1CN(CC(=O)N2CCc3ccccc32)CCO1. The highest BCUT2D eigenvalue weighted by atomic mass is 16.5. The molecule has 1 saturated heterocycles. The van der Waals surface area contributed by atoms with Gasteiger partial charge in [0, 0.05) is 32.4 Å². The van der Waals surface area contributed by atoms with Crippen molar-refractivity contribution in [3.8, 4) is 0 Å². The Labute approximate surface area is 157 Å². The second kappa shape index (κ2) is 8.12. The first-order valence-electron chi connectivity index (χ1n) is 9.23. The number of carbonyl (C=O) groups is 1. The van der Waals surface area contributed by atoms with Crippen LogP contribution >= 0.6 is 0 Å². The molecule has 0 N–H and O–H groups in total. The molecule has 2 aliphatic heterocycles. The third-order valence-electron chi connectivity index (χ3n) is 5.05. The minimum Gasteiger partial charge on any atom is -0.383 e. The van der Waals surface area contributed by atoms with E-state index >= 15 is 0 Å². The largest absolute Gasteiger partial charge is 0.383 e. The number of anilines is 1. The number of aromatic nitrogens is 4. The Bertz CT molecular complexity index is 795. The number of rotatable bonds is 6. The quantitative estimate of drug-likeness (QED) is 0.720. The highest BCUT2D eigenvalue weighted by Crippen LogP contribution is 2.28. The van der Waals surface area contributed by atoms with E-state index in [-0.39, 0.29) is 12.0 Å². The highest BCUT2D eigenvalue weighted by Gasteiger charge is 2.30. The van der Waals surface area contributed by atoms with Crippen LogP contribution in [-0.2, 0) is 27.2 Å². The number of benzene rings is 1. The van der Waals surface area contributed by atoms with Gasteiger partial charge in [-0.05, 0) is 28.5 Å². The minimum absolute atomic E-state index is 0.125. The summed E-state index contributed by atoms with van der Waals surface area (Å²) in [5, 5.41) is 11.9. The number of methoxy groups -OCH3 is 1. The Hall–Kier alpha value is -2.36. The van der Waals surface area contributed by atoms with Crippen LogP contribution in [0.15, 0.2) is 24.3 Å². The normalized spacial score (nSPS) is 20.0. The van der Waals surface area contributed by atoms with Gasteiger partial charge in [0.1, 0.15) is 6.10 Å². The van der Waals surface area contributed by atoms with Gasteiger partial charge in [-0.1, -0.05) is 18.2 Å². The lowest BCUT2D eigenvalue weighted by atomic mass is 10.2. The van der Waals surface area contributed by atoms with E-state index in [1.165, 1.54) is 5.56 Å². The zero-order valence-electron chi connectivity index (χ0n) is 15.5. The summed E-state index contributed by atoms with van der Waals surface area (Å²) in [4.78, 5) is 16.9. The van der Waals surface area contributed by atoms with Crippen LogP contribution in [0.3, 0.4) is 0 Å². The molecule has 0 bridgehead atoms. The fourth-order valence-electron chi connectivity index (χ4n) is 3.66. The molecular weight excluding hydrogens is 348 g/mol. The van der Waals surface area contributed by atoms with Crippen molar-refractivity contribution in [1.29, 1.82) is 0 Å². The van der Waals surface area contributed by atoms with Crippen molar-refractivity contribution in [2.45, 2.75) is 19.1 Å². The zero-order chi connectivity index (χ0) is 18.6. The van der Waals surface area contributed by atoms with Gasteiger partial charge in [-0.2, -0.15) is 0 Å². The van der Waals surface area contributed by atoms with E-state index in [1.807, 2.05) is 23.1 Å². The van der Waals surface area contributed by atoms with E-state index in [2.05, 4.69) is 26.5 Å². The molecule has 0 unspecified atom stereocenters. The molecule has 144 valence electrons. The monoisotopic (exact) mass is 372 g/mol. The van der Waals surface area contributed by atoms with Crippen LogP contribution in [0, 0.1) is 0 Å². The van der Waals surface area contributed by atoms with Crippen LogP contribution in [-0.4, -0.2) is 77.5 Å². The first kappa shape index (κ1) is 18.0. The molecule has 3 heterocycles. The predicted octanol–water partition coefficient (Wildman–Crippen LogP) is 0.282. The van der Waals surface area contributed by atoms with Crippen molar-refractivity contribution < 1.29 is 14.3 Å². The Morgan fingerprint density at radius 1 is 1.33 bits per heavy atom. The molecule has 9 heteroatoms. The smallest absolute Gasteiger partial charge is 0.241 e. The Kier molecular flexibility index (Phi) is 5.42. The van der Waals surface area contributed by atoms with Gasteiger partial charge in [-0.15, -0.1) is 5.10 Å². The van der Waals surface area contributed by atoms with Crippen molar-refractivity contribution in [1.82, 2.24) is 25.1 Å². The second-order valence-electron chi connectivity index (χ2n) is 6.77. The lowest BCUT2D eigenvalue weighted by molar-refractivity contribution is -0.122. The number of ether oxygens (including phenoxy) is 2. The van der Waals surface area contributed by atoms with Gasteiger partial charge < -0.3 is 14.4 Å². The molecule has 1 atom stereocenters. The second-order valence-corrected chi connectivity index (χ2v) is 6.77. The van der Waals surface area contributed by atoms with Crippen LogP contribution in [0.5, 0.6) is 0 Å². The summed E-state index contributed by atoms with van der Waals surface area (Å²) in [5.74, 6) is 0.801. The third kappa shape index (κ3) is 3.85. The number of carbonyl (C=O) groups excluding carboxylic acids is 1. The number of amides is 1. The van der Waals surface area contributed by atoms with Crippen molar-refractivity contribution >= 4 is 11.6 Å². The van der Waals surface area contributed by atoms with Gasteiger partial charge in [0.05, 0.1) is 26.3 Å². The molecule has 4 rings (SSSR count). The van der Waals surface area contributed by atoms with E-state index in [0.29, 0.717) is 38.7 Å². The van der Waals surface area contributed by atoms with E-state index < -0.39 is 0 Å². The summed E-state index contributed by atoms with van der Waals surface area (Å²) in [7, 11) is 1.64. The zero-order valence-corrected chi connectivity index (χ0v) is 15.5. The van der Waals surface area contributed by atoms with Gasteiger partial charge >= 0.3 is 0 Å². The van der Waals surface area contributed by atoms with Crippen molar-refractivity contribution in [2.24, 2.45) is 0 Å². The van der Waals surface area contributed by atoms with E-state index in [1.54, 1.807) is 11.8 Å². The molecule has 27 heavy (non-hydrogen) atoms. The number of hydrogen-bond acceptors (Lipinski definition) is 7. The topological polar surface area (TPSA) is 85.6 Å². The van der Waals surface area contributed by atoms with Crippen LogP contribution in [0.1, 0.15) is 17.5 Å². The van der Waals surface area contributed by atoms with Crippen molar-refractivity contribution in [3.05, 3.63) is 35.7 Å². The average molecular weight is 372 g/mol. The van der Waals surface area contributed by atoms with E-state index in [9.17, 15) is 4.79 Å². The van der Waals surface area contributed by atoms with Gasteiger partial charge in [-0.3, -0.25) is 9.69 Å². The molecule has 1 aromatic carbocycles. The van der Waals surface area contributed by atoms with Crippen molar-refractivity contribution in [2.75, 3.05) is 51.4 Å². The molecule has 0 aliphatic carbocycles. The molecule has 2 aliphatic rings. The Morgan fingerprint density at radius 2 is 2.22 bits per heavy atom. The summed E-state index contributed by atoms with van der Waals surface area (Å²) in [5.41, 5.74) is 2.28.